The number of hydrogen-bond acceptors (Lipinski definition) is 6. The van der Waals surface area contributed by atoms with Crippen molar-refractivity contribution in [3.05, 3.63) is 181 Å². The molecular weight excluding hydrogens is 769 g/mol. The van der Waals surface area contributed by atoms with Gasteiger partial charge in [0.25, 0.3) is 23.8 Å². The molecule has 0 spiro atoms. The van der Waals surface area contributed by atoms with E-state index in [1.54, 1.807) is 6.07 Å². The van der Waals surface area contributed by atoms with Crippen LogP contribution in [0.25, 0.3) is 54.5 Å². The second-order valence-corrected chi connectivity index (χ2v) is 12.2. The Kier molecular flexibility index (Phi) is 9.38. The molecule has 0 unspecified atom stereocenters. The van der Waals surface area contributed by atoms with Crippen LogP contribution in [0.1, 0.15) is 50.1 Å². The van der Waals surface area contributed by atoms with Crippen molar-refractivity contribution in [3.63, 3.8) is 0 Å². The average Bonchev–Trinajstić information content (AvgIpc) is 3.72. The number of aromatic nitrogens is 2. The topological polar surface area (TPSA) is 118 Å². The van der Waals surface area contributed by atoms with Crippen LogP contribution in [0.2, 0.25) is 0 Å². The van der Waals surface area contributed by atoms with E-state index in [4.69, 9.17) is 13.1 Å². The lowest BCUT2D eigenvalue weighted by atomic mass is 9.88. The first-order valence-electron chi connectivity index (χ1n) is 16.3. The second kappa shape index (κ2) is 14.4. The fourth-order valence-corrected chi connectivity index (χ4v) is 6.96. The van der Waals surface area contributed by atoms with Gasteiger partial charge in [-0.05, 0) is 52.1 Å². The number of nitrogens with one attached hydrogen (secondary N) is 1. The average molecular weight is 783 g/mol. The molecule has 2 heterocycles. The number of pyridine rings is 2. The van der Waals surface area contributed by atoms with Crippen molar-refractivity contribution in [3.8, 4) is 18.2 Å². The number of rotatable bonds is 5. The van der Waals surface area contributed by atoms with Gasteiger partial charge >= 0.3 is 0 Å². The molecule has 1 N–H and O–H groups in total. The van der Waals surface area contributed by atoms with Crippen LogP contribution >= 0.6 is 0 Å². The van der Waals surface area contributed by atoms with Gasteiger partial charge in [0, 0.05) is 40.6 Å². The number of benzene rings is 3. The van der Waals surface area contributed by atoms with Gasteiger partial charge in [-0.15, -0.1) is 0 Å². The van der Waals surface area contributed by atoms with Gasteiger partial charge < -0.3 is 5.32 Å². The molecule has 0 saturated carbocycles. The van der Waals surface area contributed by atoms with E-state index in [-0.39, 0.29) is 72.6 Å². The highest BCUT2D eigenvalue weighted by molar-refractivity contribution is 6.33. The predicted octanol–water partition coefficient (Wildman–Crippen LogP) is 9.78. The summed E-state index contributed by atoms with van der Waals surface area (Å²) in [6.07, 6.45) is 0. The van der Waals surface area contributed by atoms with Crippen molar-refractivity contribution >= 4 is 50.5 Å². The largest absolute Gasteiger partial charge is 0.387 e. The molecule has 16 heteroatoms. The summed E-state index contributed by atoms with van der Waals surface area (Å²) in [5.74, 6) is -16.4. The number of nitriles is 3. The van der Waals surface area contributed by atoms with Crippen molar-refractivity contribution in [1.82, 2.24) is 15.3 Å². The smallest absolute Gasteiger partial charge is 0.252 e. The van der Waals surface area contributed by atoms with Crippen molar-refractivity contribution in [1.29, 1.82) is 15.8 Å². The summed E-state index contributed by atoms with van der Waals surface area (Å²) in [6.45, 7) is 15.4. The molecule has 58 heavy (non-hydrogen) atoms. The zero-order chi connectivity index (χ0) is 41.7. The third kappa shape index (κ3) is 5.62. The molecule has 3 aromatic carbocycles. The summed E-state index contributed by atoms with van der Waals surface area (Å²) in [5.41, 5.74) is -5.76. The first-order chi connectivity index (χ1) is 27.8. The van der Waals surface area contributed by atoms with Crippen LogP contribution < -0.4 is 5.32 Å². The third-order valence-corrected chi connectivity index (χ3v) is 9.38. The van der Waals surface area contributed by atoms with E-state index < -0.39 is 75.0 Å². The van der Waals surface area contributed by atoms with Crippen molar-refractivity contribution in [2.45, 2.75) is 0 Å². The number of nitrogens with zero attached hydrogens (tertiary/aromatic N) is 7. The molecule has 0 fully saturated rings. The Bertz CT molecular complexity index is 3000. The predicted molar refractivity (Wildman–Crippen MR) is 193 cm³/mol. The fraction of sp³-hybridized carbons (Fsp3) is 0.0238. The molecule has 0 aliphatic heterocycles. The summed E-state index contributed by atoms with van der Waals surface area (Å²) >= 11 is 0. The van der Waals surface area contributed by atoms with E-state index in [1.807, 2.05) is 12.1 Å². The molecule has 0 radical (unpaired) electrons. The van der Waals surface area contributed by atoms with Gasteiger partial charge in [0.05, 0.1) is 47.1 Å². The summed E-state index contributed by atoms with van der Waals surface area (Å²) < 4.78 is 120. The van der Waals surface area contributed by atoms with Gasteiger partial charge in [-0.25, -0.2) is 27.3 Å². The van der Waals surface area contributed by atoms with Crippen LogP contribution in [-0.2, 0) is 0 Å². The van der Waals surface area contributed by atoms with Crippen molar-refractivity contribution in [2.24, 2.45) is 0 Å². The Hall–Kier alpha value is -8.39. The second-order valence-electron chi connectivity index (χ2n) is 12.2. The summed E-state index contributed by atoms with van der Waals surface area (Å²) in [4.78, 5) is 11.8. The Morgan fingerprint density at radius 3 is 1.60 bits per heavy atom. The Balaban J connectivity index is 1.69. The van der Waals surface area contributed by atoms with Gasteiger partial charge in [-0.2, -0.15) is 43.3 Å². The molecule has 7 rings (SSSR count). The highest BCUT2D eigenvalue weighted by Gasteiger charge is 2.39. The molecule has 2 aliphatic carbocycles. The molecule has 8 nitrogen and oxygen atoms in total. The highest BCUT2D eigenvalue weighted by atomic mass is 19.2. The van der Waals surface area contributed by atoms with E-state index in [2.05, 4.69) is 25.0 Å². The van der Waals surface area contributed by atoms with Crippen LogP contribution in [0.15, 0.2) is 60.7 Å². The lowest BCUT2D eigenvalue weighted by Crippen LogP contribution is -2.07. The van der Waals surface area contributed by atoms with Crippen LogP contribution in [0.4, 0.5) is 40.8 Å². The molecule has 2 aliphatic rings. The van der Waals surface area contributed by atoms with Crippen LogP contribution in [-0.4, -0.2) is 17.0 Å². The monoisotopic (exact) mass is 782 g/mol. The fourth-order valence-electron chi connectivity index (χ4n) is 6.96. The van der Waals surface area contributed by atoms with E-state index in [1.165, 1.54) is 67.7 Å². The molecule has 0 amide bonds. The molecule has 0 atom stereocenters. The normalized spacial score (nSPS) is 14.5. The van der Waals surface area contributed by atoms with Crippen LogP contribution in [0.3, 0.4) is 0 Å². The SMILES string of the molecule is [C-]#[N+]/C(=C1\C(c2ccc([N+]#[C-])cc2)=C(NC)c2cc3c(cc21)C(C#N)=C(c1ccc(C#N)cc1)/C3=C(\C#N)c1c(F)c(F)nc(F)c1F)c1c(F)c(F)nc(F)c1F. The Morgan fingerprint density at radius 2 is 1.12 bits per heavy atom. The summed E-state index contributed by atoms with van der Waals surface area (Å²) in [6, 6.07) is 18.9. The standard InChI is InChI=1S/C42H14F8N8/c1-54-20-10-8-19(9-11-20)28-30(38(56-3)32-35(45)41(49)58-42(50)36(32)46)23-12-21-22(13-24(23)37(28)55-2)29(26(16-53)31-33(43)39(47)57-40(48)34(31)44)27(25(21)15-52)18-6-4-17(14-51)5-7-18/h4-13,55H,2H3/b29-26+,38-30-. The third-order valence-electron chi connectivity index (χ3n) is 9.38. The minimum Gasteiger partial charge on any atom is -0.387 e. The molecule has 5 aromatic rings. The molecular formula is C42H14F8N8. The lowest BCUT2D eigenvalue weighted by molar-refractivity contribution is 0.404. The molecule has 0 bridgehead atoms. The Labute approximate surface area is 322 Å². The zero-order valence-electron chi connectivity index (χ0n) is 28.9. The van der Waals surface area contributed by atoms with E-state index in [9.17, 15) is 33.3 Å². The van der Waals surface area contributed by atoms with Gasteiger partial charge in [0.1, 0.15) is 12.1 Å². The molecule has 0 saturated heterocycles. The maximum absolute atomic E-state index is 15.5. The lowest BCUT2D eigenvalue weighted by Gasteiger charge is -2.15. The van der Waals surface area contributed by atoms with Gasteiger partial charge in [-0.1, -0.05) is 36.4 Å². The van der Waals surface area contributed by atoms with E-state index in [0.717, 1.165) is 0 Å². The van der Waals surface area contributed by atoms with E-state index >= 15 is 17.6 Å². The minimum absolute atomic E-state index is 0.00339. The van der Waals surface area contributed by atoms with Crippen LogP contribution in [0.5, 0.6) is 0 Å². The first kappa shape index (κ1) is 37.9. The van der Waals surface area contributed by atoms with Gasteiger partial charge in [-0.3, -0.25) is 0 Å². The summed E-state index contributed by atoms with van der Waals surface area (Å²) in [5, 5.41) is 33.6. The summed E-state index contributed by atoms with van der Waals surface area (Å²) in [7, 11) is 1.40. The maximum Gasteiger partial charge on any atom is 0.252 e. The first-order valence-corrected chi connectivity index (χ1v) is 16.3. The van der Waals surface area contributed by atoms with E-state index in [0.29, 0.717) is 0 Å². The quantitative estimate of drug-likeness (QED) is 0.0821. The zero-order valence-corrected chi connectivity index (χ0v) is 28.9. The van der Waals surface area contributed by atoms with Crippen molar-refractivity contribution < 1.29 is 35.1 Å². The number of allylic oxidation sites excluding steroid dienone is 6. The number of halogens is 8. The highest BCUT2D eigenvalue weighted by Crippen LogP contribution is 2.56. The molecule has 2 aromatic heterocycles. The maximum atomic E-state index is 15.5. The number of fused-ring (bicyclic) bond motifs is 2. The molecule has 278 valence electrons. The number of hydrogen-bond donors (Lipinski definition) is 1. The van der Waals surface area contributed by atoms with Crippen LogP contribution in [0, 0.1) is 94.2 Å². The van der Waals surface area contributed by atoms with Gasteiger partial charge in [0.15, 0.2) is 29.0 Å². The van der Waals surface area contributed by atoms with Gasteiger partial charge in [0.2, 0.25) is 5.70 Å². The Morgan fingerprint density at radius 1 is 0.621 bits per heavy atom. The minimum atomic E-state index is -2.09. The van der Waals surface area contributed by atoms with Crippen molar-refractivity contribution in [2.75, 3.05) is 7.05 Å².